The van der Waals surface area contributed by atoms with Crippen molar-refractivity contribution in [1.29, 1.82) is 0 Å². The summed E-state index contributed by atoms with van der Waals surface area (Å²) < 4.78 is 5.12. The van der Waals surface area contributed by atoms with Crippen LogP contribution in [0.4, 0.5) is 0 Å². The zero-order valence-corrected chi connectivity index (χ0v) is 9.63. The molecule has 0 bridgehead atoms. The molecule has 1 unspecified atom stereocenters. The average Bonchev–Trinajstić information content (AvgIpc) is 2.16. The molecule has 15 heavy (non-hydrogen) atoms. The lowest BCUT2D eigenvalue weighted by atomic mass is 10.1. The first-order valence-electron chi connectivity index (χ1n) is 5.33. The molecule has 1 atom stereocenters. The topological polar surface area (TPSA) is 21.3 Å². The van der Waals surface area contributed by atoms with Gasteiger partial charge in [-0.3, -0.25) is 0 Å². The maximum absolute atomic E-state index is 6.10. The molecule has 2 nitrogen and oxygen atoms in total. The van der Waals surface area contributed by atoms with Gasteiger partial charge in [0.15, 0.2) is 0 Å². The van der Waals surface area contributed by atoms with Gasteiger partial charge in [0.1, 0.15) is 0 Å². The largest absolute Gasteiger partial charge is 0.378 e. The van der Waals surface area contributed by atoms with Crippen molar-refractivity contribution in [3.63, 3.8) is 0 Å². The Bertz CT molecular complexity index is 325. The molecule has 82 valence electrons. The quantitative estimate of drug-likeness (QED) is 0.849. The third kappa shape index (κ3) is 2.94. The minimum Gasteiger partial charge on any atom is -0.378 e. The number of nitrogens with one attached hydrogen (secondary N) is 1. The number of hydrogen-bond donors (Lipinski definition) is 1. The molecule has 1 aliphatic heterocycles. The summed E-state index contributed by atoms with van der Waals surface area (Å²) in [6.07, 6.45) is 0.968. The molecule has 1 heterocycles. The van der Waals surface area contributed by atoms with Crippen molar-refractivity contribution < 1.29 is 4.74 Å². The van der Waals surface area contributed by atoms with Crippen LogP contribution in [0.5, 0.6) is 0 Å². The van der Waals surface area contributed by atoms with Crippen LogP contribution in [0, 0.1) is 0 Å². The maximum atomic E-state index is 6.10. The molecule has 0 amide bonds. The van der Waals surface area contributed by atoms with Gasteiger partial charge in [-0.15, -0.1) is 0 Å². The van der Waals surface area contributed by atoms with Crippen LogP contribution in [-0.4, -0.2) is 25.3 Å². The second-order valence-electron chi connectivity index (χ2n) is 4.10. The normalized spacial score (nSPS) is 18.5. The van der Waals surface area contributed by atoms with Gasteiger partial charge in [-0.1, -0.05) is 29.8 Å². The van der Waals surface area contributed by atoms with Crippen molar-refractivity contribution >= 4 is 11.6 Å². The van der Waals surface area contributed by atoms with Gasteiger partial charge in [0.2, 0.25) is 0 Å². The van der Waals surface area contributed by atoms with Crippen LogP contribution < -0.4 is 5.32 Å². The number of rotatable bonds is 4. The molecule has 0 radical (unpaired) electrons. The van der Waals surface area contributed by atoms with E-state index in [0.717, 1.165) is 24.7 Å². The summed E-state index contributed by atoms with van der Waals surface area (Å²) in [5.74, 6) is 0. The van der Waals surface area contributed by atoms with Gasteiger partial charge in [-0.2, -0.15) is 0 Å². The van der Waals surface area contributed by atoms with Crippen LogP contribution in [-0.2, 0) is 11.2 Å². The zero-order chi connectivity index (χ0) is 10.7. The minimum atomic E-state index is 0.443. The van der Waals surface area contributed by atoms with Crippen LogP contribution in [0.25, 0.3) is 0 Å². The van der Waals surface area contributed by atoms with Crippen molar-refractivity contribution in [3.05, 3.63) is 34.9 Å². The molecule has 2 rings (SSSR count). The van der Waals surface area contributed by atoms with Gasteiger partial charge in [-0.25, -0.2) is 0 Å². The molecule has 1 saturated heterocycles. The first-order chi connectivity index (χ1) is 7.25. The van der Waals surface area contributed by atoms with Crippen LogP contribution in [0.2, 0.25) is 5.02 Å². The van der Waals surface area contributed by atoms with E-state index in [4.69, 9.17) is 16.3 Å². The Morgan fingerprint density at radius 1 is 1.47 bits per heavy atom. The zero-order valence-electron chi connectivity index (χ0n) is 8.87. The second kappa shape index (κ2) is 4.97. The Kier molecular flexibility index (Phi) is 3.62. The first-order valence-corrected chi connectivity index (χ1v) is 5.70. The summed E-state index contributed by atoms with van der Waals surface area (Å²) in [4.78, 5) is 0. The molecule has 1 aromatic rings. The third-order valence-electron chi connectivity index (χ3n) is 2.64. The van der Waals surface area contributed by atoms with E-state index in [1.165, 1.54) is 5.56 Å². The fourth-order valence-corrected chi connectivity index (χ4v) is 2.00. The lowest BCUT2D eigenvalue weighted by Gasteiger charge is -2.30. The summed E-state index contributed by atoms with van der Waals surface area (Å²) in [5.41, 5.74) is 1.21. The van der Waals surface area contributed by atoms with Gasteiger partial charge in [0, 0.05) is 11.1 Å². The minimum absolute atomic E-state index is 0.443. The van der Waals surface area contributed by atoms with Gasteiger partial charge in [0.05, 0.1) is 19.3 Å². The summed E-state index contributed by atoms with van der Waals surface area (Å²) in [7, 11) is 0. The number of benzene rings is 1. The molecule has 0 aromatic heterocycles. The summed E-state index contributed by atoms with van der Waals surface area (Å²) in [6.45, 7) is 3.86. The molecule has 0 spiro atoms. The summed E-state index contributed by atoms with van der Waals surface area (Å²) in [6, 6.07) is 8.99. The highest BCUT2D eigenvalue weighted by molar-refractivity contribution is 6.31. The van der Waals surface area contributed by atoms with E-state index in [9.17, 15) is 0 Å². The van der Waals surface area contributed by atoms with Crippen molar-refractivity contribution in [3.8, 4) is 0 Å². The van der Waals surface area contributed by atoms with E-state index in [1.54, 1.807) is 0 Å². The van der Waals surface area contributed by atoms with E-state index in [1.807, 2.05) is 18.2 Å². The van der Waals surface area contributed by atoms with Crippen molar-refractivity contribution in [2.24, 2.45) is 0 Å². The molecular formula is C12H16ClNO. The molecule has 0 aliphatic carbocycles. The van der Waals surface area contributed by atoms with Crippen molar-refractivity contribution in [1.82, 2.24) is 5.32 Å². The maximum Gasteiger partial charge on any atom is 0.0643 e. The predicted octanol–water partition coefficient (Wildman–Crippen LogP) is 2.26. The third-order valence-corrected chi connectivity index (χ3v) is 3.01. The van der Waals surface area contributed by atoms with Gasteiger partial charge < -0.3 is 10.1 Å². The van der Waals surface area contributed by atoms with Crippen LogP contribution >= 0.6 is 11.6 Å². The average molecular weight is 226 g/mol. The van der Waals surface area contributed by atoms with Gasteiger partial charge in [0.25, 0.3) is 0 Å². The predicted molar refractivity (Wildman–Crippen MR) is 62.4 cm³/mol. The molecule has 0 saturated carbocycles. The molecule has 1 aromatic carbocycles. The Hall–Kier alpha value is -0.570. The Balaban J connectivity index is 1.87. The highest BCUT2D eigenvalue weighted by atomic mass is 35.5. The highest BCUT2D eigenvalue weighted by Gasteiger charge is 2.20. The lowest BCUT2D eigenvalue weighted by molar-refractivity contribution is -0.00908. The van der Waals surface area contributed by atoms with E-state index >= 15 is 0 Å². The molecule has 1 N–H and O–H groups in total. The molecule has 1 fully saturated rings. The van der Waals surface area contributed by atoms with E-state index in [2.05, 4.69) is 18.3 Å². The van der Waals surface area contributed by atoms with Crippen LogP contribution in [0.3, 0.4) is 0 Å². The fourth-order valence-electron chi connectivity index (χ4n) is 1.79. The molecule has 3 heteroatoms. The van der Waals surface area contributed by atoms with Crippen molar-refractivity contribution in [2.45, 2.75) is 25.4 Å². The second-order valence-corrected chi connectivity index (χ2v) is 4.50. The van der Waals surface area contributed by atoms with E-state index in [-0.39, 0.29) is 0 Å². The summed E-state index contributed by atoms with van der Waals surface area (Å²) >= 11 is 6.10. The Labute approximate surface area is 95.6 Å². The number of halogens is 1. The van der Waals surface area contributed by atoms with Gasteiger partial charge >= 0.3 is 0 Å². The molecular weight excluding hydrogens is 210 g/mol. The van der Waals surface area contributed by atoms with Crippen LogP contribution in [0.15, 0.2) is 24.3 Å². The Morgan fingerprint density at radius 2 is 2.20 bits per heavy atom. The molecule has 1 aliphatic rings. The highest BCUT2D eigenvalue weighted by Crippen LogP contribution is 2.17. The smallest absolute Gasteiger partial charge is 0.0643 e. The number of hydrogen-bond acceptors (Lipinski definition) is 2. The van der Waals surface area contributed by atoms with E-state index in [0.29, 0.717) is 12.1 Å². The Morgan fingerprint density at radius 3 is 2.80 bits per heavy atom. The fraction of sp³-hybridized carbons (Fsp3) is 0.500. The van der Waals surface area contributed by atoms with Gasteiger partial charge in [-0.05, 0) is 25.0 Å². The lowest BCUT2D eigenvalue weighted by Crippen LogP contribution is -2.50. The first kappa shape index (κ1) is 10.9. The standard InChI is InChI=1S/C12H16ClNO/c1-9(14-11-7-15-8-11)6-10-4-2-3-5-12(10)13/h2-5,9,11,14H,6-8H2,1H3. The van der Waals surface area contributed by atoms with Crippen LogP contribution in [0.1, 0.15) is 12.5 Å². The summed E-state index contributed by atoms with van der Waals surface area (Å²) in [5, 5.41) is 4.37. The van der Waals surface area contributed by atoms with E-state index < -0.39 is 0 Å². The monoisotopic (exact) mass is 225 g/mol. The SMILES string of the molecule is CC(Cc1ccccc1Cl)NC1COC1. The number of ether oxygens (including phenoxy) is 1. The van der Waals surface area contributed by atoms with Crippen molar-refractivity contribution in [2.75, 3.05) is 13.2 Å².